The normalized spacial score (nSPS) is 14.9. The summed E-state index contributed by atoms with van der Waals surface area (Å²) in [5, 5.41) is 14.2. The Hall–Kier alpha value is -4.62. The van der Waals surface area contributed by atoms with E-state index >= 15 is 0 Å². The number of phenolic OH excluding ortho intramolecular Hbond substituents is 1. The number of nitrogens with zero attached hydrogens (tertiary/aromatic N) is 1. The number of halogens is 1. The third-order valence-electron chi connectivity index (χ3n) is 5.74. The molecule has 0 aromatic heterocycles. The first-order valence-electron chi connectivity index (χ1n) is 11.0. The molecule has 0 unspecified atom stereocenters. The minimum absolute atomic E-state index is 0.0205. The zero-order valence-electron chi connectivity index (χ0n) is 18.8. The van der Waals surface area contributed by atoms with Gasteiger partial charge in [0.05, 0.1) is 10.7 Å². The molecule has 4 aromatic carbocycles. The maximum Gasteiger partial charge on any atom is 0.335 e. The van der Waals surface area contributed by atoms with Crippen molar-refractivity contribution < 1.29 is 24.2 Å². The molecular weight excluding hydrogens is 480 g/mol. The van der Waals surface area contributed by atoms with Crippen LogP contribution in [0.5, 0.6) is 11.5 Å². The summed E-state index contributed by atoms with van der Waals surface area (Å²) in [5.74, 6) is -1.17. The topological polar surface area (TPSA) is 95.9 Å². The van der Waals surface area contributed by atoms with Crippen molar-refractivity contribution >= 4 is 52.0 Å². The molecule has 5 rings (SSSR count). The molecule has 1 fully saturated rings. The second kappa shape index (κ2) is 9.56. The molecular formula is C28H19ClN2O5. The second-order valence-electron chi connectivity index (χ2n) is 8.09. The zero-order valence-corrected chi connectivity index (χ0v) is 19.5. The molecule has 0 aliphatic carbocycles. The van der Waals surface area contributed by atoms with Crippen molar-refractivity contribution in [3.63, 3.8) is 0 Å². The van der Waals surface area contributed by atoms with Crippen LogP contribution in [0, 0.1) is 0 Å². The fourth-order valence-electron chi connectivity index (χ4n) is 3.96. The summed E-state index contributed by atoms with van der Waals surface area (Å²) < 4.78 is 5.94. The minimum atomic E-state index is -0.872. The highest BCUT2D eigenvalue weighted by atomic mass is 35.5. The Bertz CT molecular complexity index is 1540. The van der Waals surface area contributed by atoms with E-state index in [1.807, 2.05) is 42.5 Å². The van der Waals surface area contributed by atoms with E-state index in [1.165, 1.54) is 30.3 Å². The first-order chi connectivity index (χ1) is 17.4. The van der Waals surface area contributed by atoms with E-state index in [9.17, 15) is 19.5 Å². The van der Waals surface area contributed by atoms with Crippen LogP contribution in [0.1, 0.15) is 11.1 Å². The summed E-state index contributed by atoms with van der Waals surface area (Å²) >= 11 is 6.44. The lowest BCUT2D eigenvalue weighted by atomic mass is 10.1. The number of anilines is 1. The highest BCUT2D eigenvalue weighted by molar-refractivity contribution is 6.39. The number of urea groups is 1. The number of benzene rings is 4. The molecule has 1 saturated heterocycles. The van der Waals surface area contributed by atoms with E-state index in [4.69, 9.17) is 16.3 Å². The Balaban J connectivity index is 1.37. The van der Waals surface area contributed by atoms with Crippen LogP contribution in [0.2, 0.25) is 5.02 Å². The van der Waals surface area contributed by atoms with Crippen molar-refractivity contribution in [1.82, 2.24) is 5.32 Å². The molecule has 0 spiro atoms. The number of hydrogen-bond acceptors (Lipinski definition) is 5. The van der Waals surface area contributed by atoms with Gasteiger partial charge in [0.2, 0.25) is 0 Å². The van der Waals surface area contributed by atoms with Gasteiger partial charge >= 0.3 is 6.03 Å². The second-order valence-corrected chi connectivity index (χ2v) is 8.50. The van der Waals surface area contributed by atoms with E-state index in [0.717, 1.165) is 21.2 Å². The van der Waals surface area contributed by atoms with Gasteiger partial charge in [0, 0.05) is 0 Å². The van der Waals surface area contributed by atoms with Gasteiger partial charge in [-0.1, -0.05) is 60.1 Å². The molecule has 1 heterocycles. The molecule has 7 nitrogen and oxygen atoms in total. The van der Waals surface area contributed by atoms with Gasteiger partial charge in [0.25, 0.3) is 11.8 Å². The van der Waals surface area contributed by atoms with Crippen LogP contribution in [-0.4, -0.2) is 23.0 Å². The number of phenols is 1. The van der Waals surface area contributed by atoms with Crippen LogP contribution in [0.4, 0.5) is 10.5 Å². The number of carbonyl (C=O) groups is 3. The average molecular weight is 499 g/mol. The average Bonchev–Trinajstić information content (AvgIpc) is 2.87. The maximum atomic E-state index is 13.0. The number of fused-ring (bicyclic) bond motifs is 1. The molecule has 1 aliphatic rings. The SMILES string of the molecule is O=C1NC(=O)N(c2ccc(O)cc2)C(=O)/C1=C/c1ccc(OCc2cccc3ccccc23)c(Cl)c1. The lowest BCUT2D eigenvalue weighted by Gasteiger charge is -2.26. The molecule has 178 valence electrons. The van der Waals surface area contributed by atoms with Crippen LogP contribution < -0.4 is 15.0 Å². The first-order valence-corrected chi connectivity index (χ1v) is 11.4. The van der Waals surface area contributed by atoms with Crippen molar-refractivity contribution in [1.29, 1.82) is 0 Å². The van der Waals surface area contributed by atoms with E-state index in [1.54, 1.807) is 18.2 Å². The van der Waals surface area contributed by atoms with Gasteiger partial charge in [-0.2, -0.15) is 0 Å². The summed E-state index contributed by atoms with van der Waals surface area (Å²) in [6.45, 7) is 0.312. The van der Waals surface area contributed by atoms with Crippen molar-refractivity contribution in [3.8, 4) is 11.5 Å². The number of ether oxygens (including phenoxy) is 1. The molecule has 0 atom stereocenters. The zero-order chi connectivity index (χ0) is 25.2. The Morgan fingerprint density at radius 2 is 1.67 bits per heavy atom. The summed E-state index contributed by atoms with van der Waals surface area (Å²) in [6, 6.07) is 23.5. The third kappa shape index (κ3) is 4.52. The standard InChI is InChI=1S/C28H19ClN2O5/c29-24-15-17(8-13-25(24)36-16-19-6-3-5-18-4-1-2-7-22(18)19)14-23-26(33)30-28(35)31(27(23)34)20-9-11-21(32)12-10-20/h1-15,32H,16H2,(H,30,33,35)/b23-14+. The Morgan fingerprint density at radius 1 is 0.917 bits per heavy atom. The van der Waals surface area contributed by atoms with Gasteiger partial charge in [-0.3, -0.25) is 14.9 Å². The van der Waals surface area contributed by atoms with E-state index in [0.29, 0.717) is 22.9 Å². The van der Waals surface area contributed by atoms with E-state index < -0.39 is 17.8 Å². The van der Waals surface area contributed by atoms with E-state index in [2.05, 4.69) is 5.32 Å². The van der Waals surface area contributed by atoms with Crippen LogP contribution >= 0.6 is 11.6 Å². The molecule has 0 saturated carbocycles. The summed E-state index contributed by atoms with van der Waals surface area (Å²) in [7, 11) is 0. The summed E-state index contributed by atoms with van der Waals surface area (Å²) in [6.07, 6.45) is 1.36. The highest BCUT2D eigenvalue weighted by Crippen LogP contribution is 2.29. The molecule has 4 aromatic rings. The Labute approximate surface area is 211 Å². The number of amides is 4. The summed E-state index contributed by atoms with van der Waals surface area (Å²) in [5.41, 5.74) is 1.47. The lowest BCUT2D eigenvalue weighted by Crippen LogP contribution is -2.54. The Morgan fingerprint density at radius 3 is 2.44 bits per heavy atom. The fourth-order valence-corrected chi connectivity index (χ4v) is 4.20. The number of nitrogens with one attached hydrogen (secondary N) is 1. The predicted octanol–water partition coefficient (Wildman–Crippen LogP) is 5.44. The number of carbonyl (C=O) groups excluding carboxylic acids is 3. The Kier molecular flexibility index (Phi) is 6.14. The van der Waals surface area contributed by atoms with Gasteiger partial charge in [-0.05, 0) is 64.4 Å². The molecule has 0 bridgehead atoms. The van der Waals surface area contributed by atoms with Gasteiger partial charge in [-0.15, -0.1) is 0 Å². The number of hydrogen-bond donors (Lipinski definition) is 2. The summed E-state index contributed by atoms with van der Waals surface area (Å²) in [4.78, 5) is 38.6. The van der Waals surface area contributed by atoms with Gasteiger partial charge in [-0.25, -0.2) is 9.69 Å². The molecule has 0 radical (unpaired) electrons. The fraction of sp³-hybridized carbons (Fsp3) is 0.0357. The first kappa shape index (κ1) is 23.1. The van der Waals surface area contributed by atoms with Crippen molar-refractivity contribution in [2.75, 3.05) is 4.90 Å². The highest BCUT2D eigenvalue weighted by Gasteiger charge is 2.36. The number of aromatic hydroxyl groups is 1. The quantitative estimate of drug-likeness (QED) is 0.282. The van der Waals surface area contributed by atoms with Crippen LogP contribution in [0.25, 0.3) is 16.8 Å². The predicted molar refractivity (Wildman–Crippen MR) is 137 cm³/mol. The monoisotopic (exact) mass is 498 g/mol. The molecule has 36 heavy (non-hydrogen) atoms. The maximum absolute atomic E-state index is 13.0. The van der Waals surface area contributed by atoms with Gasteiger partial charge < -0.3 is 9.84 Å². The smallest absolute Gasteiger partial charge is 0.335 e. The van der Waals surface area contributed by atoms with Gasteiger partial charge in [0.1, 0.15) is 23.7 Å². The number of rotatable bonds is 5. The molecule has 1 aliphatic heterocycles. The number of imide groups is 2. The van der Waals surface area contributed by atoms with Crippen LogP contribution in [0.3, 0.4) is 0 Å². The molecule has 8 heteroatoms. The van der Waals surface area contributed by atoms with Gasteiger partial charge in [0.15, 0.2) is 0 Å². The van der Waals surface area contributed by atoms with Crippen molar-refractivity contribution in [2.45, 2.75) is 6.61 Å². The van der Waals surface area contributed by atoms with Crippen LogP contribution in [0.15, 0.2) is 90.5 Å². The largest absolute Gasteiger partial charge is 0.508 e. The van der Waals surface area contributed by atoms with Crippen molar-refractivity contribution in [2.24, 2.45) is 0 Å². The third-order valence-corrected chi connectivity index (χ3v) is 6.04. The van der Waals surface area contributed by atoms with Crippen LogP contribution in [-0.2, 0) is 16.2 Å². The number of barbiturate groups is 1. The lowest BCUT2D eigenvalue weighted by molar-refractivity contribution is -0.122. The van der Waals surface area contributed by atoms with E-state index in [-0.39, 0.29) is 17.0 Å². The molecule has 4 amide bonds. The molecule has 2 N–H and O–H groups in total. The minimum Gasteiger partial charge on any atom is -0.508 e. The van der Waals surface area contributed by atoms with Crippen molar-refractivity contribution in [3.05, 3.63) is 107 Å².